The van der Waals surface area contributed by atoms with E-state index >= 15 is 4.39 Å². The van der Waals surface area contributed by atoms with Crippen LogP contribution in [0.2, 0.25) is 5.02 Å². The normalized spacial score (nSPS) is 19.1. The highest BCUT2D eigenvalue weighted by molar-refractivity contribution is 6.35. The zero-order valence-electron chi connectivity index (χ0n) is 26.2. The second-order valence-corrected chi connectivity index (χ2v) is 12.4. The van der Waals surface area contributed by atoms with Crippen molar-refractivity contribution in [2.24, 2.45) is 0 Å². The Balaban J connectivity index is 0.00000190. The third kappa shape index (κ3) is 5.92. The SMILES string of the molecule is C#Cc1c(F)ccc2cc(O)cc(-c3c(Cl)cc4c(N5CCNC(C(F)F)C5)nc(OCC56CCCN5CCC6)nc4c3F)c12.CC. The van der Waals surface area contributed by atoms with Gasteiger partial charge in [0.15, 0.2) is 5.82 Å². The molecular formula is C35H36ClF4N5O2. The first-order valence-electron chi connectivity index (χ1n) is 16.0. The summed E-state index contributed by atoms with van der Waals surface area (Å²) in [5, 5.41) is 14.1. The minimum atomic E-state index is -2.62. The lowest BCUT2D eigenvalue weighted by molar-refractivity contribution is 0.0955. The van der Waals surface area contributed by atoms with Crippen molar-refractivity contribution in [2.45, 2.75) is 57.5 Å². The number of hydrogen-bond acceptors (Lipinski definition) is 7. The molecule has 0 amide bonds. The van der Waals surface area contributed by atoms with E-state index in [0.29, 0.717) is 18.5 Å². The van der Waals surface area contributed by atoms with Crippen LogP contribution in [0, 0.1) is 24.0 Å². The molecule has 3 aliphatic rings. The molecule has 0 saturated carbocycles. The van der Waals surface area contributed by atoms with E-state index in [1.165, 1.54) is 30.3 Å². The molecule has 3 aromatic carbocycles. The number of terminal acetylenes is 1. The van der Waals surface area contributed by atoms with Crippen molar-refractivity contribution in [3.63, 3.8) is 0 Å². The molecule has 1 aromatic heterocycles. The number of hydrogen-bond donors (Lipinski definition) is 2. The number of phenolic OH excluding ortho intramolecular Hbond substituents is 1. The van der Waals surface area contributed by atoms with Crippen LogP contribution in [0.5, 0.6) is 11.8 Å². The molecule has 7 nitrogen and oxygen atoms in total. The van der Waals surface area contributed by atoms with Crippen LogP contribution in [-0.2, 0) is 0 Å². The number of rotatable bonds is 6. The fourth-order valence-corrected chi connectivity index (χ4v) is 7.57. The number of halogens is 5. The van der Waals surface area contributed by atoms with Gasteiger partial charge < -0.3 is 20.1 Å². The molecule has 4 aromatic rings. The largest absolute Gasteiger partial charge is 0.508 e. The number of benzene rings is 3. The monoisotopic (exact) mass is 669 g/mol. The Morgan fingerprint density at radius 3 is 2.57 bits per heavy atom. The van der Waals surface area contributed by atoms with Crippen molar-refractivity contribution in [2.75, 3.05) is 44.2 Å². The van der Waals surface area contributed by atoms with Gasteiger partial charge in [-0.3, -0.25) is 4.90 Å². The summed E-state index contributed by atoms with van der Waals surface area (Å²) in [5.41, 5.74) is -0.473. The van der Waals surface area contributed by atoms with Gasteiger partial charge in [-0.1, -0.05) is 37.4 Å². The fraction of sp³-hybridized carbons (Fsp3) is 0.429. The molecule has 3 fully saturated rings. The van der Waals surface area contributed by atoms with E-state index in [0.717, 1.165) is 38.8 Å². The summed E-state index contributed by atoms with van der Waals surface area (Å²) in [4.78, 5) is 13.2. The molecule has 248 valence electrons. The Bertz CT molecular complexity index is 1860. The predicted octanol–water partition coefficient (Wildman–Crippen LogP) is 7.15. The summed E-state index contributed by atoms with van der Waals surface area (Å²) in [7, 11) is 0. The summed E-state index contributed by atoms with van der Waals surface area (Å²) in [6.07, 6.45) is 7.08. The molecule has 47 heavy (non-hydrogen) atoms. The number of anilines is 1. The van der Waals surface area contributed by atoms with Crippen LogP contribution >= 0.6 is 11.6 Å². The second kappa shape index (κ2) is 13.3. The highest BCUT2D eigenvalue weighted by Crippen LogP contribution is 2.44. The highest BCUT2D eigenvalue weighted by atomic mass is 35.5. The molecule has 2 N–H and O–H groups in total. The van der Waals surface area contributed by atoms with Gasteiger partial charge in [-0.25, -0.2) is 17.6 Å². The molecule has 1 atom stereocenters. The van der Waals surface area contributed by atoms with Crippen molar-refractivity contribution in [3.05, 3.63) is 52.6 Å². The number of nitrogens with zero attached hydrogens (tertiary/aromatic N) is 4. The first kappa shape index (κ1) is 33.1. The Labute approximate surface area is 275 Å². The van der Waals surface area contributed by atoms with E-state index in [1.54, 1.807) is 4.90 Å². The Morgan fingerprint density at radius 2 is 1.87 bits per heavy atom. The predicted molar refractivity (Wildman–Crippen MR) is 177 cm³/mol. The molecule has 3 saturated heterocycles. The zero-order valence-corrected chi connectivity index (χ0v) is 27.0. The molecule has 3 aliphatic heterocycles. The van der Waals surface area contributed by atoms with Crippen LogP contribution in [0.15, 0.2) is 30.3 Å². The minimum absolute atomic E-state index is 0.0790. The van der Waals surface area contributed by atoms with Crippen LogP contribution in [0.4, 0.5) is 23.4 Å². The Kier molecular flexibility index (Phi) is 9.38. The molecule has 0 aliphatic carbocycles. The highest BCUT2D eigenvalue weighted by Gasteiger charge is 2.45. The van der Waals surface area contributed by atoms with Gasteiger partial charge >= 0.3 is 6.01 Å². The van der Waals surface area contributed by atoms with Gasteiger partial charge in [-0.05, 0) is 74.0 Å². The van der Waals surface area contributed by atoms with Gasteiger partial charge in [0.25, 0.3) is 6.43 Å². The molecule has 0 radical (unpaired) electrons. The first-order valence-corrected chi connectivity index (χ1v) is 16.3. The van der Waals surface area contributed by atoms with Crippen LogP contribution in [0.3, 0.4) is 0 Å². The van der Waals surface area contributed by atoms with Crippen molar-refractivity contribution >= 4 is 39.1 Å². The smallest absolute Gasteiger partial charge is 0.319 e. The number of ether oxygens (including phenoxy) is 1. The molecule has 0 bridgehead atoms. The summed E-state index contributed by atoms with van der Waals surface area (Å²) in [6, 6.07) is 5.55. The van der Waals surface area contributed by atoms with Crippen molar-refractivity contribution < 1.29 is 27.4 Å². The van der Waals surface area contributed by atoms with Gasteiger partial charge in [0, 0.05) is 36.0 Å². The van der Waals surface area contributed by atoms with Gasteiger partial charge in [0.1, 0.15) is 29.5 Å². The lowest BCUT2D eigenvalue weighted by atomic mass is 9.93. The standard InChI is InChI=1S/C33H30ClF4N5O2.C2H6/c1-2-20-24(35)6-5-18-13-19(44)14-21(26(18)20)27-23(34)15-22-29(28(27)36)40-32(45-17-33-7-3-10-43(33)11-4-8-33)41-31(22)42-12-9-39-25(16-42)30(37)38;1-2/h1,5-6,13-15,25,30,39,44H,3-4,7-12,16-17H2;1-2H3. The summed E-state index contributed by atoms with van der Waals surface area (Å²) in [5.74, 6) is 0.797. The lowest BCUT2D eigenvalue weighted by Gasteiger charge is -2.35. The molecular weight excluding hydrogens is 634 g/mol. The number of piperazine rings is 1. The lowest BCUT2D eigenvalue weighted by Crippen LogP contribution is -2.54. The van der Waals surface area contributed by atoms with Gasteiger partial charge in [-0.2, -0.15) is 9.97 Å². The maximum absolute atomic E-state index is 16.9. The average molecular weight is 670 g/mol. The fourth-order valence-electron chi connectivity index (χ4n) is 7.27. The summed E-state index contributed by atoms with van der Waals surface area (Å²) < 4.78 is 65.4. The molecule has 7 rings (SSSR count). The van der Waals surface area contributed by atoms with Crippen molar-refractivity contribution in [3.8, 4) is 35.2 Å². The molecule has 12 heteroatoms. The van der Waals surface area contributed by atoms with Gasteiger partial charge in [0.05, 0.1) is 22.2 Å². The number of alkyl halides is 2. The first-order chi connectivity index (χ1) is 22.7. The van der Waals surface area contributed by atoms with Crippen LogP contribution in [0.1, 0.15) is 45.1 Å². The quantitative estimate of drug-likeness (QED) is 0.167. The average Bonchev–Trinajstić information content (AvgIpc) is 3.65. The van der Waals surface area contributed by atoms with E-state index in [2.05, 4.69) is 26.1 Å². The van der Waals surface area contributed by atoms with E-state index in [9.17, 15) is 18.3 Å². The number of nitrogens with one attached hydrogen (secondary N) is 1. The van der Waals surface area contributed by atoms with Gasteiger partial charge in [0.2, 0.25) is 0 Å². The third-order valence-electron chi connectivity index (χ3n) is 9.40. The Morgan fingerprint density at radius 1 is 1.13 bits per heavy atom. The summed E-state index contributed by atoms with van der Waals surface area (Å²) in [6.45, 7) is 6.79. The van der Waals surface area contributed by atoms with E-state index in [-0.39, 0.29) is 74.2 Å². The van der Waals surface area contributed by atoms with Crippen LogP contribution in [-0.4, -0.2) is 77.3 Å². The number of fused-ring (bicyclic) bond motifs is 3. The van der Waals surface area contributed by atoms with Crippen molar-refractivity contribution in [1.82, 2.24) is 20.2 Å². The number of aromatic hydroxyl groups is 1. The van der Waals surface area contributed by atoms with Crippen LogP contribution in [0.25, 0.3) is 32.8 Å². The molecule has 0 spiro atoms. The zero-order chi connectivity index (χ0) is 33.5. The summed E-state index contributed by atoms with van der Waals surface area (Å²) >= 11 is 6.76. The maximum Gasteiger partial charge on any atom is 0.319 e. The number of aromatic nitrogens is 2. The van der Waals surface area contributed by atoms with E-state index in [1.807, 2.05) is 13.8 Å². The van der Waals surface area contributed by atoms with Crippen LogP contribution < -0.4 is 15.0 Å². The second-order valence-electron chi connectivity index (χ2n) is 12.0. The van der Waals surface area contributed by atoms with Crippen molar-refractivity contribution in [1.29, 1.82) is 0 Å². The topological polar surface area (TPSA) is 73.8 Å². The van der Waals surface area contributed by atoms with E-state index in [4.69, 9.17) is 22.8 Å². The maximum atomic E-state index is 16.9. The van der Waals surface area contributed by atoms with E-state index < -0.39 is 24.1 Å². The Hall–Kier alpha value is -3.85. The number of phenols is 1. The molecule has 4 heterocycles. The minimum Gasteiger partial charge on any atom is -0.508 e. The molecule has 1 unspecified atom stereocenters. The van der Waals surface area contributed by atoms with Gasteiger partial charge in [-0.15, -0.1) is 6.42 Å². The third-order valence-corrected chi connectivity index (χ3v) is 9.70.